The number of ether oxygens (including phenoxy) is 8. The molecule has 0 aliphatic carbocycles. The molecule has 0 spiro atoms. The molecule has 0 aromatic rings. The lowest BCUT2D eigenvalue weighted by atomic mass is 9.96. The van der Waals surface area contributed by atoms with Crippen LogP contribution < -0.4 is 21.3 Å². The van der Waals surface area contributed by atoms with Gasteiger partial charge in [0.25, 0.3) is 5.91 Å². The minimum Gasteiger partial charge on any atom is -0.394 e. The molecule has 5 amide bonds. The Hall–Kier alpha value is -4.06. The van der Waals surface area contributed by atoms with E-state index in [2.05, 4.69) is 21.3 Å². The maximum atomic E-state index is 13.7. The minimum atomic E-state index is -1.99. The summed E-state index contributed by atoms with van der Waals surface area (Å²) in [6.45, 7) is -1.32. The second-order valence-electron chi connectivity index (χ2n) is 21.7. The van der Waals surface area contributed by atoms with Gasteiger partial charge >= 0.3 is 5.97 Å². The average Bonchev–Trinajstić information content (AvgIpc) is 3.03. The van der Waals surface area contributed by atoms with E-state index in [1.165, 1.54) is 6.92 Å². The fourth-order valence-electron chi connectivity index (χ4n) is 9.86. The van der Waals surface area contributed by atoms with E-state index in [1.807, 2.05) is 0 Å². The molecule has 5 aliphatic rings. The Balaban J connectivity index is 1.10. The maximum Gasteiger partial charge on any atom is 0.332 e. The van der Waals surface area contributed by atoms with Crippen LogP contribution in [0.2, 0.25) is 0 Å². The van der Waals surface area contributed by atoms with Crippen molar-refractivity contribution in [3.8, 4) is 0 Å². The molecule has 5 rings (SSSR count). The Morgan fingerprint density at radius 2 is 1.02 bits per heavy atom. The van der Waals surface area contributed by atoms with Gasteiger partial charge in [-0.2, -0.15) is 0 Å². The van der Waals surface area contributed by atoms with Crippen LogP contribution in [0, 0.1) is 0 Å². The summed E-state index contributed by atoms with van der Waals surface area (Å²) in [4.78, 5) is 80.9. The summed E-state index contributed by atoms with van der Waals surface area (Å²) in [5.74, 6) is -2.93. The van der Waals surface area contributed by atoms with E-state index >= 15 is 0 Å². The predicted octanol–water partition coefficient (Wildman–Crippen LogP) is -8.40. The van der Waals surface area contributed by atoms with Gasteiger partial charge in [-0.15, -0.1) is 5.06 Å². The largest absolute Gasteiger partial charge is 0.394 e. The van der Waals surface area contributed by atoms with Gasteiger partial charge in [0.1, 0.15) is 97.6 Å². The summed E-state index contributed by atoms with van der Waals surface area (Å²) in [6, 6.07) is -1.11. The highest BCUT2D eigenvalue weighted by atomic mass is 16.8. The van der Waals surface area contributed by atoms with E-state index in [0.29, 0.717) is 56.4 Å². The van der Waals surface area contributed by atoms with E-state index in [9.17, 15) is 100 Å². The summed E-state index contributed by atoms with van der Waals surface area (Å²) >= 11 is 0. The molecule has 86 heavy (non-hydrogen) atoms. The molecule has 0 aromatic carbocycles. The van der Waals surface area contributed by atoms with Crippen LogP contribution in [0.5, 0.6) is 0 Å². The maximum absolute atomic E-state index is 13.7. The van der Waals surface area contributed by atoms with Gasteiger partial charge in [0, 0.05) is 58.2 Å². The molecule has 0 saturated carbocycles. The van der Waals surface area contributed by atoms with Crippen molar-refractivity contribution in [1.82, 2.24) is 26.3 Å². The van der Waals surface area contributed by atoms with Gasteiger partial charge in [-0.05, 0) is 51.9 Å². The number of hydroxylamine groups is 2. The molecule has 0 bridgehead atoms. The first kappa shape index (κ1) is 72.7. The van der Waals surface area contributed by atoms with Crippen LogP contribution in [-0.2, 0) is 71.5 Å². The number of hydrogen-bond donors (Lipinski definition) is 18. The molecule has 5 saturated heterocycles. The van der Waals surface area contributed by atoms with Gasteiger partial charge < -0.3 is 135 Å². The fraction of sp³-hybridized carbons (Fsp3) is 0.885. The summed E-state index contributed by atoms with van der Waals surface area (Å²) in [7, 11) is 0. The minimum absolute atomic E-state index is 0.00715. The Kier molecular flexibility index (Phi) is 30.9. The van der Waals surface area contributed by atoms with Crippen molar-refractivity contribution in [3.05, 3.63) is 0 Å². The van der Waals surface area contributed by atoms with E-state index in [-0.39, 0.29) is 83.0 Å². The third-order valence-electron chi connectivity index (χ3n) is 15.1. The van der Waals surface area contributed by atoms with Crippen LogP contribution in [-0.4, -0.2) is 300 Å². The highest BCUT2D eigenvalue weighted by Gasteiger charge is 2.52. The van der Waals surface area contributed by atoms with Gasteiger partial charge in [-0.25, -0.2) is 4.79 Å². The van der Waals surface area contributed by atoms with E-state index in [4.69, 9.17) is 42.7 Å². The highest BCUT2D eigenvalue weighted by molar-refractivity contribution is 5.87. The number of nitrogens with zero attached hydrogens (tertiary/aromatic N) is 1. The summed E-state index contributed by atoms with van der Waals surface area (Å²) < 4.78 is 44.4. The van der Waals surface area contributed by atoms with Crippen LogP contribution in [0.1, 0.15) is 103 Å². The van der Waals surface area contributed by atoms with Crippen molar-refractivity contribution in [2.45, 2.75) is 238 Å². The van der Waals surface area contributed by atoms with Crippen molar-refractivity contribution >= 4 is 35.5 Å². The lowest BCUT2D eigenvalue weighted by Crippen LogP contribution is -2.65. The second-order valence-corrected chi connectivity index (χ2v) is 21.7. The molecule has 34 heteroatoms. The van der Waals surface area contributed by atoms with Crippen LogP contribution >= 0.6 is 0 Å². The molecule has 5 aliphatic heterocycles. The van der Waals surface area contributed by atoms with Crippen molar-refractivity contribution in [2.75, 3.05) is 52.7 Å². The number of unbranched alkanes of at least 4 members (excludes halogenated alkanes) is 5. The first-order chi connectivity index (χ1) is 41.0. The zero-order chi connectivity index (χ0) is 63.2. The van der Waals surface area contributed by atoms with Gasteiger partial charge in [0.15, 0.2) is 31.4 Å². The van der Waals surface area contributed by atoms with Gasteiger partial charge in [0.2, 0.25) is 23.6 Å². The molecular formula is C52H89N5O29. The molecule has 5 heterocycles. The first-order valence-electron chi connectivity index (χ1n) is 29.1. The topological polar surface area (TPSA) is 520 Å². The molecular weight excluding hydrogens is 1160 g/mol. The van der Waals surface area contributed by atoms with Crippen LogP contribution in [0.15, 0.2) is 0 Å². The van der Waals surface area contributed by atoms with Crippen LogP contribution in [0.3, 0.4) is 0 Å². The zero-order valence-electron chi connectivity index (χ0n) is 47.8. The molecule has 18 N–H and O–H groups in total. The monoisotopic (exact) mass is 1250 g/mol. The Bertz CT molecular complexity index is 2090. The number of aliphatic hydroxyl groups excluding tert-OH is 14. The summed E-state index contributed by atoms with van der Waals surface area (Å²) in [5, 5.41) is 156. The molecule has 34 nitrogen and oxygen atoms in total. The number of hydrogen-bond acceptors (Lipinski definition) is 29. The highest BCUT2D eigenvalue weighted by Crippen LogP contribution is 2.31. The third-order valence-corrected chi connectivity index (χ3v) is 15.1. The number of amides is 5. The van der Waals surface area contributed by atoms with E-state index in [1.54, 1.807) is 0 Å². The van der Waals surface area contributed by atoms with E-state index in [0.717, 1.165) is 0 Å². The van der Waals surface area contributed by atoms with Gasteiger partial charge in [0.05, 0.1) is 39.1 Å². The lowest BCUT2D eigenvalue weighted by Gasteiger charge is -2.46. The zero-order valence-corrected chi connectivity index (χ0v) is 47.8. The quantitative estimate of drug-likeness (QED) is 0.0262. The van der Waals surface area contributed by atoms with Gasteiger partial charge in [-0.1, -0.05) is 12.8 Å². The number of carbonyl (C=O) groups is 6. The molecule has 0 aromatic heterocycles. The fourth-order valence-corrected chi connectivity index (χ4v) is 9.86. The lowest BCUT2D eigenvalue weighted by molar-refractivity contribution is -0.366. The molecule has 5 fully saturated rings. The smallest absolute Gasteiger partial charge is 0.332 e. The third kappa shape index (κ3) is 21.6. The van der Waals surface area contributed by atoms with Crippen molar-refractivity contribution in [3.63, 3.8) is 0 Å². The first-order valence-corrected chi connectivity index (χ1v) is 29.1. The van der Waals surface area contributed by atoms with Crippen molar-refractivity contribution < 1.29 is 143 Å². The van der Waals surface area contributed by atoms with Crippen molar-refractivity contribution in [1.29, 1.82) is 0 Å². The Morgan fingerprint density at radius 1 is 0.523 bits per heavy atom. The number of carbonyl (C=O) groups excluding carboxylic acids is 6. The summed E-state index contributed by atoms with van der Waals surface area (Å²) in [6.07, 6.45) is -30.2. The Morgan fingerprint density at radius 3 is 1.62 bits per heavy atom. The predicted molar refractivity (Wildman–Crippen MR) is 282 cm³/mol. The van der Waals surface area contributed by atoms with Gasteiger partial charge in [-0.3, -0.25) is 24.0 Å². The molecule has 1 unspecified atom stereocenters. The number of aliphatic hydroxyl groups is 14. The Labute approximate surface area is 494 Å². The van der Waals surface area contributed by atoms with Crippen molar-refractivity contribution in [2.24, 2.45) is 0 Å². The normalized spacial score (nSPS) is 35.2. The number of rotatable bonds is 35. The second kappa shape index (κ2) is 36.6. The molecule has 496 valence electrons. The van der Waals surface area contributed by atoms with E-state index < -0.39 is 185 Å². The molecule has 0 radical (unpaired) electrons. The van der Waals surface area contributed by atoms with Crippen LogP contribution in [0.25, 0.3) is 0 Å². The molecule has 22 atom stereocenters. The average molecular weight is 1250 g/mol. The summed E-state index contributed by atoms with van der Waals surface area (Å²) in [5.41, 5.74) is 0. The van der Waals surface area contributed by atoms with Crippen LogP contribution in [0.4, 0.5) is 0 Å². The standard InChI is InChI=1S/C52H89N5O29/c1-25-36(66)40(70)43(73)49(81-25)78-20-18-54-31(61)12-7-6-11-30(60)53-17-9-8-10-26(56-32(62)13-4-2-3-5-14-35(65)86-57-33(63)15-16-34(57)64)48(77)55-19-21-79-51-46(76)47(85-52-45(75)42(72)38(68)28(23-59)83-52)39(69)29(84-51)24-80-50-44(74)41(71)37(67)27(22-58)82-50/h25-29,33,36-47,49-52,58-59,63,66-76H,2-24H2,1H3,(H,53,60)(H,54,61)(H,55,77)(H,56,62)/t25-,26-,27+,28+,29+,33?,36+,37+,38+,39+,40+,41-,42-,43-,44-,45-,46-,47-,49+,50-,51-,52+/m0/s1. The number of nitrogens with one attached hydrogen (secondary N) is 4. The SMILES string of the molecule is C[C@@H]1O[C@@H](OCCNC(=O)CCCCC(=O)NCCCC[C@H](NC(=O)CCCCCCC(=O)ON2C(=O)CCC2O)C(=O)NCCO[C@H]2O[C@H](CO[C@H]3O[C@H](CO)[C@@H](O)[C@H](O)[C@@H]3O)[C@@H](O)[C@H](O[C@H]3O[C@H](CO)[C@@H](O)[C@H](O)[C@@H]3O)[C@@H]2O)[C@@H](O)[C@H](O)[C@@H]1O.